The second-order valence-electron chi connectivity index (χ2n) is 4.82. The Bertz CT molecular complexity index is 275. The van der Waals surface area contributed by atoms with E-state index in [9.17, 15) is 4.79 Å². The molecule has 0 radical (unpaired) electrons. The molecule has 0 aliphatic carbocycles. The molecule has 18 heavy (non-hydrogen) atoms. The largest absolute Gasteiger partial charge is 0.353 e. The topological polar surface area (TPSA) is 35.6 Å². The van der Waals surface area contributed by atoms with E-state index < -0.39 is 0 Å². The number of nitrogens with zero attached hydrogens (tertiary/aromatic N) is 2. The molecule has 0 bridgehead atoms. The van der Waals surface area contributed by atoms with Crippen LogP contribution >= 0.6 is 11.6 Å². The average Bonchev–Trinajstić information content (AvgIpc) is 2.37. The van der Waals surface area contributed by atoms with Gasteiger partial charge in [-0.15, -0.1) is 0 Å². The van der Waals surface area contributed by atoms with Crippen LogP contribution in [0.5, 0.6) is 0 Å². The third kappa shape index (κ3) is 5.85. The molecule has 1 rings (SSSR count). The van der Waals surface area contributed by atoms with Crippen molar-refractivity contribution in [3.8, 4) is 0 Å². The minimum absolute atomic E-state index is 0.137. The highest BCUT2D eigenvalue weighted by molar-refractivity contribution is 6.25. The summed E-state index contributed by atoms with van der Waals surface area (Å²) in [6, 6.07) is 0.271. The monoisotopic (exact) mass is 273 g/mol. The van der Waals surface area contributed by atoms with E-state index in [-0.39, 0.29) is 11.9 Å². The van der Waals surface area contributed by atoms with E-state index in [2.05, 4.69) is 22.0 Å². The van der Waals surface area contributed by atoms with Crippen molar-refractivity contribution in [3.05, 3.63) is 11.6 Å². The summed E-state index contributed by atoms with van der Waals surface area (Å²) in [6.45, 7) is 9.42. The Kier molecular flexibility index (Phi) is 7.32. The number of halogens is 1. The molecule has 5 heteroatoms. The SMILES string of the molecule is CCC(C)NC(=O)CN1CCN(C/C=C/Cl)CC1. The molecular weight excluding hydrogens is 250 g/mol. The molecule has 4 nitrogen and oxygen atoms in total. The van der Waals surface area contributed by atoms with Crippen LogP contribution in [-0.2, 0) is 4.79 Å². The number of nitrogens with one attached hydrogen (secondary N) is 1. The summed E-state index contributed by atoms with van der Waals surface area (Å²) in [6.07, 6.45) is 2.93. The van der Waals surface area contributed by atoms with Gasteiger partial charge in [0.05, 0.1) is 6.54 Å². The summed E-state index contributed by atoms with van der Waals surface area (Å²) in [5.74, 6) is 0.137. The van der Waals surface area contributed by atoms with E-state index in [1.807, 2.05) is 13.0 Å². The van der Waals surface area contributed by atoms with Crippen molar-refractivity contribution >= 4 is 17.5 Å². The lowest BCUT2D eigenvalue weighted by Gasteiger charge is -2.33. The molecule has 104 valence electrons. The van der Waals surface area contributed by atoms with Crippen molar-refractivity contribution in [1.29, 1.82) is 0 Å². The fraction of sp³-hybridized carbons (Fsp3) is 0.769. The van der Waals surface area contributed by atoms with Gasteiger partial charge in [-0.05, 0) is 13.3 Å². The van der Waals surface area contributed by atoms with E-state index in [1.54, 1.807) is 5.54 Å². The normalized spacial score (nSPS) is 20.2. The molecule has 1 aliphatic heterocycles. The van der Waals surface area contributed by atoms with E-state index >= 15 is 0 Å². The lowest BCUT2D eigenvalue weighted by atomic mass is 10.2. The van der Waals surface area contributed by atoms with Crippen LogP contribution in [0.15, 0.2) is 11.6 Å². The fourth-order valence-electron chi connectivity index (χ4n) is 1.94. The quantitative estimate of drug-likeness (QED) is 0.792. The van der Waals surface area contributed by atoms with Crippen molar-refractivity contribution in [3.63, 3.8) is 0 Å². The lowest BCUT2D eigenvalue weighted by molar-refractivity contribution is -0.123. The molecule has 1 unspecified atom stereocenters. The first-order valence-electron chi connectivity index (χ1n) is 6.65. The van der Waals surface area contributed by atoms with Crippen LogP contribution in [0, 0.1) is 0 Å². The summed E-state index contributed by atoms with van der Waals surface area (Å²) in [4.78, 5) is 16.3. The lowest BCUT2D eigenvalue weighted by Crippen LogP contribution is -2.50. The second-order valence-corrected chi connectivity index (χ2v) is 5.07. The number of amides is 1. The Labute approximate surface area is 115 Å². The minimum atomic E-state index is 0.137. The first kappa shape index (κ1) is 15.5. The van der Waals surface area contributed by atoms with Gasteiger partial charge in [0.2, 0.25) is 5.91 Å². The molecule has 1 heterocycles. The molecule has 0 aromatic carbocycles. The van der Waals surface area contributed by atoms with Gasteiger partial charge in [0.1, 0.15) is 0 Å². The molecule has 1 atom stereocenters. The molecular formula is C13H24ClN3O. The predicted octanol–water partition coefficient (Wildman–Crippen LogP) is 1.27. The zero-order chi connectivity index (χ0) is 13.4. The molecule has 0 spiro atoms. The van der Waals surface area contributed by atoms with Gasteiger partial charge in [0, 0.05) is 44.3 Å². The molecule has 1 amide bonds. The van der Waals surface area contributed by atoms with E-state index in [0.29, 0.717) is 6.54 Å². The van der Waals surface area contributed by atoms with Gasteiger partial charge in [-0.3, -0.25) is 14.6 Å². The Morgan fingerprint density at radius 3 is 2.50 bits per heavy atom. The maximum Gasteiger partial charge on any atom is 0.234 e. The smallest absolute Gasteiger partial charge is 0.234 e. The van der Waals surface area contributed by atoms with Gasteiger partial charge in [-0.1, -0.05) is 24.6 Å². The van der Waals surface area contributed by atoms with Crippen LogP contribution in [0.3, 0.4) is 0 Å². The molecule has 1 N–H and O–H groups in total. The third-order valence-electron chi connectivity index (χ3n) is 3.30. The molecule has 1 saturated heterocycles. The number of rotatable bonds is 6. The van der Waals surface area contributed by atoms with Crippen LogP contribution in [-0.4, -0.2) is 61.0 Å². The standard InChI is InChI=1S/C13H24ClN3O/c1-3-12(2)15-13(18)11-17-9-7-16(8-10-17)6-4-5-14/h4-5,12H,3,6-11H2,1-2H3,(H,15,18)/b5-4+. The Morgan fingerprint density at radius 1 is 1.33 bits per heavy atom. The van der Waals surface area contributed by atoms with Crippen LogP contribution in [0.1, 0.15) is 20.3 Å². The molecule has 1 fully saturated rings. The van der Waals surface area contributed by atoms with Crippen LogP contribution in [0.25, 0.3) is 0 Å². The summed E-state index contributed by atoms with van der Waals surface area (Å²) >= 11 is 5.51. The van der Waals surface area contributed by atoms with Gasteiger partial charge in [0.15, 0.2) is 0 Å². The van der Waals surface area contributed by atoms with E-state index in [1.165, 1.54) is 0 Å². The van der Waals surface area contributed by atoms with Gasteiger partial charge in [0.25, 0.3) is 0 Å². The van der Waals surface area contributed by atoms with Gasteiger partial charge >= 0.3 is 0 Å². The molecule has 0 aromatic heterocycles. The number of carbonyl (C=O) groups is 1. The average molecular weight is 274 g/mol. The summed E-state index contributed by atoms with van der Waals surface area (Å²) in [5.41, 5.74) is 1.56. The van der Waals surface area contributed by atoms with Crippen molar-refractivity contribution in [1.82, 2.24) is 15.1 Å². The fourth-order valence-corrected chi connectivity index (χ4v) is 2.02. The number of hydrogen-bond acceptors (Lipinski definition) is 3. The Balaban J connectivity index is 2.20. The van der Waals surface area contributed by atoms with Crippen LogP contribution in [0.2, 0.25) is 0 Å². The summed E-state index contributed by atoms with van der Waals surface area (Å²) < 4.78 is 0. The number of carbonyl (C=O) groups excluding carboxylic acids is 1. The molecule has 0 aromatic rings. The van der Waals surface area contributed by atoms with Crippen molar-refractivity contribution < 1.29 is 4.79 Å². The maximum absolute atomic E-state index is 11.7. The zero-order valence-corrected chi connectivity index (χ0v) is 12.1. The Morgan fingerprint density at radius 2 is 1.94 bits per heavy atom. The van der Waals surface area contributed by atoms with Crippen LogP contribution < -0.4 is 5.32 Å². The van der Waals surface area contributed by atoms with E-state index in [4.69, 9.17) is 11.6 Å². The predicted molar refractivity (Wildman–Crippen MR) is 75.8 cm³/mol. The van der Waals surface area contributed by atoms with Crippen LogP contribution in [0.4, 0.5) is 0 Å². The first-order valence-corrected chi connectivity index (χ1v) is 7.08. The first-order chi connectivity index (χ1) is 8.65. The Hall–Kier alpha value is -0.580. The highest BCUT2D eigenvalue weighted by atomic mass is 35.5. The highest BCUT2D eigenvalue weighted by Gasteiger charge is 2.18. The second kappa shape index (κ2) is 8.51. The number of piperazine rings is 1. The number of hydrogen-bond donors (Lipinski definition) is 1. The minimum Gasteiger partial charge on any atom is -0.353 e. The maximum atomic E-state index is 11.7. The van der Waals surface area contributed by atoms with Crippen molar-refractivity contribution in [2.75, 3.05) is 39.3 Å². The summed E-state index contributed by atoms with van der Waals surface area (Å²) in [5, 5.41) is 3.00. The zero-order valence-electron chi connectivity index (χ0n) is 11.4. The van der Waals surface area contributed by atoms with Crippen molar-refractivity contribution in [2.24, 2.45) is 0 Å². The van der Waals surface area contributed by atoms with E-state index in [0.717, 1.165) is 39.1 Å². The highest BCUT2D eigenvalue weighted by Crippen LogP contribution is 2.01. The third-order valence-corrected chi connectivity index (χ3v) is 3.48. The van der Waals surface area contributed by atoms with Gasteiger partial charge < -0.3 is 5.32 Å². The van der Waals surface area contributed by atoms with Gasteiger partial charge in [-0.2, -0.15) is 0 Å². The summed E-state index contributed by atoms with van der Waals surface area (Å²) in [7, 11) is 0. The molecule has 1 aliphatic rings. The van der Waals surface area contributed by atoms with Crippen molar-refractivity contribution in [2.45, 2.75) is 26.3 Å². The molecule has 0 saturated carbocycles. The van der Waals surface area contributed by atoms with Gasteiger partial charge in [-0.25, -0.2) is 0 Å².